The van der Waals surface area contributed by atoms with Gasteiger partial charge in [0.2, 0.25) is 0 Å². The van der Waals surface area contributed by atoms with E-state index >= 15 is 0 Å². The molecule has 0 radical (unpaired) electrons. The molecule has 1 N–H and O–H groups in total. The van der Waals surface area contributed by atoms with Crippen LogP contribution in [-0.2, 0) is 9.63 Å². The minimum Gasteiger partial charge on any atom is -0.477 e. The summed E-state index contributed by atoms with van der Waals surface area (Å²) in [6.07, 6.45) is 8.40. The zero-order valence-corrected chi connectivity index (χ0v) is 8.87. The Morgan fingerprint density at radius 2 is 1.80 bits per heavy atom. The molecule has 0 aromatic rings. The normalized spacial score (nSPS) is 25.2. The van der Waals surface area contributed by atoms with Gasteiger partial charge in [0.25, 0.3) is 0 Å². The largest absolute Gasteiger partial charge is 0.477 e. The number of aliphatic carboxylic acids is 1. The Bertz CT molecular complexity index is 278. The number of oxime groups is 1. The van der Waals surface area contributed by atoms with Crippen LogP contribution in [0.1, 0.15) is 51.4 Å². The summed E-state index contributed by atoms with van der Waals surface area (Å²) in [6.45, 7) is 0. The number of carboxylic acid groups (broad SMARTS) is 1. The van der Waals surface area contributed by atoms with Crippen LogP contribution in [0.5, 0.6) is 0 Å². The van der Waals surface area contributed by atoms with Gasteiger partial charge in [-0.1, -0.05) is 24.4 Å². The maximum Gasteiger partial charge on any atom is 0.353 e. The molecule has 1 aliphatic heterocycles. The molecule has 2 aliphatic rings. The zero-order valence-electron chi connectivity index (χ0n) is 8.87. The van der Waals surface area contributed by atoms with Gasteiger partial charge in [-0.15, -0.1) is 0 Å². The molecule has 84 valence electrons. The fourth-order valence-corrected chi connectivity index (χ4v) is 2.45. The molecular weight excluding hydrogens is 194 g/mol. The predicted octanol–water partition coefficient (Wildman–Crippen LogP) is 2.33. The van der Waals surface area contributed by atoms with Gasteiger partial charge in [0.1, 0.15) is 5.60 Å². The third kappa shape index (κ3) is 2.30. The second kappa shape index (κ2) is 4.21. The van der Waals surface area contributed by atoms with Gasteiger partial charge < -0.3 is 9.94 Å². The van der Waals surface area contributed by atoms with Crippen LogP contribution in [0.2, 0.25) is 0 Å². The molecule has 1 saturated carbocycles. The smallest absolute Gasteiger partial charge is 0.353 e. The van der Waals surface area contributed by atoms with Gasteiger partial charge in [-0.2, -0.15) is 0 Å². The van der Waals surface area contributed by atoms with Gasteiger partial charge in [-0.3, -0.25) is 0 Å². The number of nitrogens with zero attached hydrogens (tertiary/aromatic N) is 1. The van der Waals surface area contributed by atoms with E-state index in [-0.39, 0.29) is 11.3 Å². The van der Waals surface area contributed by atoms with E-state index < -0.39 is 5.97 Å². The molecule has 0 aromatic carbocycles. The van der Waals surface area contributed by atoms with Crippen LogP contribution in [0, 0.1) is 0 Å². The Morgan fingerprint density at radius 3 is 2.33 bits per heavy atom. The van der Waals surface area contributed by atoms with Gasteiger partial charge in [0.15, 0.2) is 5.71 Å². The van der Waals surface area contributed by atoms with Crippen molar-refractivity contribution < 1.29 is 14.7 Å². The minimum atomic E-state index is -0.936. The Kier molecular flexibility index (Phi) is 2.93. The number of carbonyl (C=O) groups is 1. The number of hydrogen-bond acceptors (Lipinski definition) is 3. The topological polar surface area (TPSA) is 58.9 Å². The molecule has 0 unspecified atom stereocenters. The highest BCUT2D eigenvalue weighted by Gasteiger charge is 2.40. The van der Waals surface area contributed by atoms with Crippen molar-refractivity contribution in [2.45, 2.75) is 57.0 Å². The third-order valence-corrected chi connectivity index (χ3v) is 3.35. The summed E-state index contributed by atoms with van der Waals surface area (Å²) < 4.78 is 0. The highest BCUT2D eigenvalue weighted by molar-refractivity contribution is 6.36. The maximum absolute atomic E-state index is 10.8. The summed E-state index contributed by atoms with van der Waals surface area (Å²) in [5.74, 6) is -0.936. The standard InChI is InChI=1S/C11H17NO3/c13-10(14)9-8-11(15-12-9)6-4-2-1-3-5-7-11/h1-8H2,(H,13,14). The van der Waals surface area contributed by atoms with E-state index in [1.54, 1.807) is 0 Å². The third-order valence-electron chi connectivity index (χ3n) is 3.35. The first-order chi connectivity index (χ1) is 7.22. The SMILES string of the molecule is O=C(O)C1=NOC2(CCCCCCC2)C1. The van der Waals surface area contributed by atoms with Crippen LogP contribution >= 0.6 is 0 Å². The molecule has 4 heteroatoms. The lowest BCUT2D eigenvalue weighted by Crippen LogP contribution is -2.31. The fraction of sp³-hybridized carbons (Fsp3) is 0.818. The van der Waals surface area contributed by atoms with Crippen LogP contribution in [0.25, 0.3) is 0 Å². The molecule has 0 aromatic heterocycles. The number of carboxylic acids is 1. The zero-order chi connectivity index (χ0) is 10.7. The Hall–Kier alpha value is -1.06. The van der Waals surface area contributed by atoms with Crippen LogP contribution < -0.4 is 0 Å². The van der Waals surface area contributed by atoms with Crippen molar-refractivity contribution in [1.29, 1.82) is 0 Å². The van der Waals surface area contributed by atoms with Crippen molar-refractivity contribution in [1.82, 2.24) is 0 Å². The van der Waals surface area contributed by atoms with Gasteiger partial charge >= 0.3 is 5.97 Å². The van der Waals surface area contributed by atoms with E-state index in [9.17, 15) is 4.79 Å². The van der Waals surface area contributed by atoms with Gasteiger partial charge in [0.05, 0.1) is 0 Å². The average Bonchev–Trinajstić information content (AvgIpc) is 2.57. The van der Waals surface area contributed by atoms with Crippen molar-refractivity contribution in [3.63, 3.8) is 0 Å². The molecule has 1 fully saturated rings. The molecule has 0 bridgehead atoms. The predicted molar refractivity (Wildman–Crippen MR) is 55.8 cm³/mol. The van der Waals surface area contributed by atoms with E-state index in [1.165, 1.54) is 19.3 Å². The summed E-state index contributed by atoms with van der Waals surface area (Å²) in [5.41, 5.74) is -0.0932. The molecule has 0 saturated heterocycles. The van der Waals surface area contributed by atoms with Crippen molar-refractivity contribution in [2.24, 2.45) is 5.16 Å². The molecule has 1 heterocycles. The van der Waals surface area contributed by atoms with Gasteiger partial charge in [0, 0.05) is 6.42 Å². The summed E-state index contributed by atoms with van der Waals surface area (Å²) in [6, 6.07) is 0. The summed E-state index contributed by atoms with van der Waals surface area (Å²) in [5, 5.41) is 12.5. The van der Waals surface area contributed by atoms with Crippen LogP contribution in [0.15, 0.2) is 5.16 Å². The fourth-order valence-electron chi connectivity index (χ4n) is 2.45. The Labute approximate surface area is 89.3 Å². The second-order valence-electron chi connectivity index (χ2n) is 4.56. The van der Waals surface area contributed by atoms with Crippen molar-refractivity contribution in [2.75, 3.05) is 0 Å². The molecule has 4 nitrogen and oxygen atoms in total. The van der Waals surface area contributed by atoms with Crippen LogP contribution in [-0.4, -0.2) is 22.4 Å². The van der Waals surface area contributed by atoms with E-state index in [2.05, 4.69) is 5.16 Å². The van der Waals surface area contributed by atoms with Crippen molar-refractivity contribution in [3.05, 3.63) is 0 Å². The van der Waals surface area contributed by atoms with Crippen molar-refractivity contribution >= 4 is 11.7 Å². The molecular formula is C11H17NO3. The molecule has 2 rings (SSSR count). The first kappa shape index (κ1) is 10.5. The lowest BCUT2D eigenvalue weighted by Gasteiger charge is -2.28. The lowest BCUT2D eigenvalue weighted by molar-refractivity contribution is -0.129. The second-order valence-corrected chi connectivity index (χ2v) is 4.56. The maximum atomic E-state index is 10.8. The molecule has 15 heavy (non-hydrogen) atoms. The highest BCUT2D eigenvalue weighted by Crippen LogP contribution is 2.36. The number of rotatable bonds is 1. The molecule has 1 spiro atoms. The van der Waals surface area contributed by atoms with E-state index in [4.69, 9.17) is 9.94 Å². The average molecular weight is 211 g/mol. The Morgan fingerprint density at radius 1 is 1.20 bits per heavy atom. The van der Waals surface area contributed by atoms with Crippen LogP contribution in [0.3, 0.4) is 0 Å². The first-order valence-corrected chi connectivity index (χ1v) is 5.70. The monoisotopic (exact) mass is 211 g/mol. The summed E-state index contributed by atoms with van der Waals surface area (Å²) in [4.78, 5) is 16.2. The van der Waals surface area contributed by atoms with E-state index in [0.717, 1.165) is 25.7 Å². The van der Waals surface area contributed by atoms with Gasteiger partial charge in [-0.05, 0) is 25.7 Å². The molecule has 0 amide bonds. The van der Waals surface area contributed by atoms with E-state index in [1.807, 2.05) is 0 Å². The van der Waals surface area contributed by atoms with Gasteiger partial charge in [-0.25, -0.2) is 4.79 Å². The lowest BCUT2D eigenvalue weighted by atomic mass is 9.84. The van der Waals surface area contributed by atoms with Crippen LogP contribution in [0.4, 0.5) is 0 Å². The molecule has 0 atom stereocenters. The molecule has 1 aliphatic carbocycles. The van der Waals surface area contributed by atoms with E-state index in [0.29, 0.717) is 6.42 Å². The minimum absolute atomic E-state index is 0.190. The first-order valence-electron chi connectivity index (χ1n) is 5.70. The number of hydrogen-bond donors (Lipinski definition) is 1. The quantitative estimate of drug-likeness (QED) is 0.724. The highest BCUT2D eigenvalue weighted by atomic mass is 16.7. The summed E-state index contributed by atoms with van der Waals surface area (Å²) >= 11 is 0. The summed E-state index contributed by atoms with van der Waals surface area (Å²) in [7, 11) is 0. The Balaban J connectivity index is 1.99. The van der Waals surface area contributed by atoms with Crippen molar-refractivity contribution in [3.8, 4) is 0 Å².